The second-order valence-electron chi connectivity index (χ2n) is 4.38. The molecule has 0 amide bonds. The van der Waals surface area contributed by atoms with Gasteiger partial charge in [0.2, 0.25) is 0 Å². The first-order chi connectivity index (χ1) is 7.71. The van der Waals surface area contributed by atoms with Gasteiger partial charge in [-0.05, 0) is 52.6 Å². The van der Waals surface area contributed by atoms with Crippen LogP contribution in [-0.2, 0) is 19.4 Å². The van der Waals surface area contributed by atoms with Crippen LogP contribution in [0.1, 0.15) is 45.0 Å². The Bertz CT molecular complexity index is 304. The van der Waals surface area contributed by atoms with E-state index in [1.807, 2.05) is 7.05 Å². The van der Waals surface area contributed by atoms with Gasteiger partial charge in [-0.2, -0.15) is 5.10 Å². The lowest BCUT2D eigenvalue weighted by Gasteiger charge is -2.09. The predicted octanol–water partition coefficient (Wildman–Crippen LogP) is 2.40. The van der Waals surface area contributed by atoms with E-state index in [1.165, 1.54) is 24.2 Å². The Hall–Kier alpha value is -0.830. The molecule has 1 aromatic heterocycles. The highest BCUT2D eigenvalue weighted by molar-refractivity contribution is 5.10. The highest BCUT2D eigenvalue weighted by Gasteiger charge is 2.06. The molecule has 0 spiro atoms. The molecular weight excluding hydrogens is 198 g/mol. The van der Waals surface area contributed by atoms with Gasteiger partial charge < -0.3 is 5.32 Å². The van der Waals surface area contributed by atoms with Crippen LogP contribution in [-0.4, -0.2) is 22.9 Å². The van der Waals surface area contributed by atoms with Gasteiger partial charge in [-0.1, -0.05) is 6.92 Å². The smallest absolute Gasteiger partial charge is 0.0624 e. The Morgan fingerprint density at radius 2 is 2.19 bits per heavy atom. The first kappa shape index (κ1) is 13.2. The van der Waals surface area contributed by atoms with Gasteiger partial charge in [-0.3, -0.25) is 4.68 Å². The first-order valence-electron chi connectivity index (χ1n) is 6.44. The van der Waals surface area contributed by atoms with E-state index in [4.69, 9.17) is 0 Å². The zero-order valence-corrected chi connectivity index (χ0v) is 11.1. The monoisotopic (exact) mass is 223 g/mol. The van der Waals surface area contributed by atoms with Gasteiger partial charge in [0.1, 0.15) is 0 Å². The summed E-state index contributed by atoms with van der Waals surface area (Å²) in [4.78, 5) is 0. The number of rotatable bonds is 7. The normalized spacial score (nSPS) is 13.0. The lowest BCUT2D eigenvalue weighted by molar-refractivity contribution is 0.527. The van der Waals surface area contributed by atoms with Crippen LogP contribution in [0.2, 0.25) is 0 Å². The quantitative estimate of drug-likeness (QED) is 0.769. The highest BCUT2D eigenvalue weighted by Crippen LogP contribution is 2.10. The fourth-order valence-electron chi connectivity index (χ4n) is 1.90. The maximum atomic E-state index is 4.57. The Morgan fingerprint density at radius 1 is 1.44 bits per heavy atom. The van der Waals surface area contributed by atoms with E-state index in [1.54, 1.807) is 0 Å². The molecule has 1 atom stereocenters. The third-order valence-corrected chi connectivity index (χ3v) is 3.14. The van der Waals surface area contributed by atoms with Crippen molar-refractivity contribution in [2.45, 2.75) is 59.0 Å². The van der Waals surface area contributed by atoms with Crippen LogP contribution in [0.3, 0.4) is 0 Å². The Labute approximate surface area is 99.2 Å². The second-order valence-corrected chi connectivity index (χ2v) is 4.38. The van der Waals surface area contributed by atoms with Crippen LogP contribution in [0.4, 0.5) is 0 Å². The van der Waals surface area contributed by atoms with Gasteiger partial charge >= 0.3 is 0 Å². The molecule has 0 aliphatic rings. The minimum absolute atomic E-state index is 0.614. The summed E-state index contributed by atoms with van der Waals surface area (Å²) < 4.78 is 2.14. The molecule has 0 bridgehead atoms. The molecule has 1 aromatic rings. The summed E-state index contributed by atoms with van der Waals surface area (Å²) in [6.45, 7) is 7.53. The molecule has 0 fully saturated rings. The Morgan fingerprint density at radius 3 is 2.75 bits per heavy atom. The van der Waals surface area contributed by atoms with Crippen LogP contribution in [0, 0.1) is 0 Å². The van der Waals surface area contributed by atoms with Crippen LogP contribution in [0.25, 0.3) is 0 Å². The Kier molecular flexibility index (Phi) is 5.53. The SMILES string of the molecule is CCc1cc(CCCC(C)NC)n(CC)n1. The topological polar surface area (TPSA) is 29.9 Å². The first-order valence-corrected chi connectivity index (χ1v) is 6.44. The van der Waals surface area contributed by atoms with E-state index in [0.717, 1.165) is 19.4 Å². The number of nitrogens with one attached hydrogen (secondary N) is 1. The molecule has 0 saturated carbocycles. The largest absolute Gasteiger partial charge is 0.317 e. The van der Waals surface area contributed by atoms with Crippen molar-refractivity contribution in [3.8, 4) is 0 Å². The van der Waals surface area contributed by atoms with Crippen LogP contribution in [0.5, 0.6) is 0 Å². The van der Waals surface area contributed by atoms with E-state index < -0.39 is 0 Å². The maximum Gasteiger partial charge on any atom is 0.0624 e. The summed E-state index contributed by atoms with van der Waals surface area (Å²) in [5.74, 6) is 0. The van der Waals surface area contributed by atoms with Crippen LogP contribution >= 0.6 is 0 Å². The minimum atomic E-state index is 0.614. The summed E-state index contributed by atoms with van der Waals surface area (Å²) in [6, 6.07) is 2.87. The summed E-state index contributed by atoms with van der Waals surface area (Å²) in [5.41, 5.74) is 2.61. The van der Waals surface area contributed by atoms with Crippen molar-refractivity contribution in [1.82, 2.24) is 15.1 Å². The summed E-state index contributed by atoms with van der Waals surface area (Å²) >= 11 is 0. The molecule has 0 radical (unpaired) electrons. The van der Waals surface area contributed by atoms with Crippen LogP contribution in [0.15, 0.2) is 6.07 Å². The number of hydrogen-bond donors (Lipinski definition) is 1. The zero-order chi connectivity index (χ0) is 12.0. The third-order valence-electron chi connectivity index (χ3n) is 3.14. The molecule has 16 heavy (non-hydrogen) atoms. The van der Waals surface area contributed by atoms with Crippen molar-refractivity contribution in [1.29, 1.82) is 0 Å². The third kappa shape index (κ3) is 3.63. The second kappa shape index (κ2) is 6.69. The van der Waals surface area contributed by atoms with Crippen molar-refractivity contribution in [3.05, 3.63) is 17.5 Å². The van der Waals surface area contributed by atoms with Gasteiger partial charge in [-0.25, -0.2) is 0 Å². The summed E-state index contributed by atoms with van der Waals surface area (Å²) in [5, 5.41) is 7.84. The zero-order valence-electron chi connectivity index (χ0n) is 11.1. The molecule has 1 rings (SSSR count). The number of hydrogen-bond acceptors (Lipinski definition) is 2. The minimum Gasteiger partial charge on any atom is -0.317 e. The summed E-state index contributed by atoms with van der Waals surface area (Å²) in [7, 11) is 2.02. The average Bonchev–Trinajstić information content (AvgIpc) is 2.71. The molecule has 0 aromatic carbocycles. The van der Waals surface area contributed by atoms with Crippen molar-refractivity contribution >= 4 is 0 Å². The summed E-state index contributed by atoms with van der Waals surface area (Å²) in [6.07, 6.45) is 4.64. The van der Waals surface area contributed by atoms with Gasteiger partial charge in [0.15, 0.2) is 0 Å². The molecule has 0 aliphatic heterocycles. The maximum absolute atomic E-state index is 4.57. The molecule has 92 valence electrons. The van der Waals surface area contributed by atoms with Crippen molar-refractivity contribution in [2.24, 2.45) is 0 Å². The highest BCUT2D eigenvalue weighted by atomic mass is 15.3. The van der Waals surface area contributed by atoms with Gasteiger partial charge in [0, 0.05) is 18.3 Å². The van der Waals surface area contributed by atoms with Crippen molar-refractivity contribution in [2.75, 3.05) is 7.05 Å². The van der Waals surface area contributed by atoms with Crippen LogP contribution < -0.4 is 5.32 Å². The Balaban J connectivity index is 2.49. The van der Waals surface area contributed by atoms with Crippen molar-refractivity contribution < 1.29 is 0 Å². The molecule has 0 aliphatic carbocycles. The lowest BCUT2D eigenvalue weighted by Crippen LogP contribution is -2.21. The molecule has 1 unspecified atom stereocenters. The molecule has 3 nitrogen and oxygen atoms in total. The fourth-order valence-corrected chi connectivity index (χ4v) is 1.90. The lowest BCUT2D eigenvalue weighted by atomic mass is 10.1. The molecule has 1 heterocycles. The number of aryl methyl sites for hydroxylation is 3. The van der Waals surface area contributed by atoms with Gasteiger partial charge in [-0.15, -0.1) is 0 Å². The van der Waals surface area contributed by atoms with Gasteiger partial charge in [0.05, 0.1) is 5.69 Å². The molecular formula is C13H25N3. The predicted molar refractivity (Wildman–Crippen MR) is 68.7 cm³/mol. The molecule has 1 N–H and O–H groups in total. The molecule has 3 heteroatoms. The number of aromatic nitrogens is 2. The molecule has 0 saturated heterocycles. The number of nitrogens with zero attached hydrogens (tertiary/aromatic N) is 2. The average molecular weight is 223 g/mol. The standard InChI is InChI=1S/C13H25N3/c1-5-12-10-13(16(6-2)15-12)9-7-8-11(3)14-4/h10-11,14H,5-9H2,1-4H3. The van der Waals surface area contributed by atoms with Crippen molar-refractivity contribution in [3.63, 3.8) is 0 Å². The van der Waals surface area contributed by atoms with E-state index in [0.29, 0.717) is 6.04 Å². The van der Waals surface area contributed by atoms with E-state index >= 15 is 0 Å². The van der Waals surface area contributed by atoms with E-state index in [9.17, 15) is 0 Å². The van der Waals surface area contributed by atoms with Gasteiger partial charge in [0.25, 0.3) is 0 Å². The van der Waals surface area contributed by atoms with E-state index in [-0.39, 0.29) is 0 Å². The fraction of sp³-hybridized carbons (Fsp3) is 0.769. The van der Waals surface area contributed by atoms with E-state index in [2.05, 4.69) is 41.9 Å².